The summed E-state index contributed by atoms with van der Waals surface area (Å²) < 4.78 is 5.51. The third-order valence-corrected chi connectivity index (χ3v) is 20.0. The first-order valence-corrected chi connectivity index (χ1v) is 42.1. The zero-order chi connectivity index (χ0) is 65.6. The third-order valence-electron chi connectivity index (χ3n) is 20.0. The molecule has 6 heteroatoms. The fraction of sp³-hybridized carbons (Fsp3) is 0.929. The SMILES string of the molecule is CCCCCCCCCCCCCCCCCCCCCCCCCC(O)C(CO)NC(=O)CCCCCCCCCCCCCCCCCCC/C=C\C/C=C\CCCCCCCCCCCOC(=O)CCCCCCCCCCCCCCCCCCCC. The molecule has 0 aliphatic heterocycles. The first-order valence-electron chi connectivity index (χ1n) is 42.1. The minimum Gasteiger partial charge on any atom is -0.466 e. The lowest BCUT2D eigenvalue weighted by atomic mass is 10.0. The van der Waals surface area contributed by atoms with Crippen molar-refractivity contribution in [3.8, 4) is 0 Å². The Morgan fingerprint density at radius 2 is 0.549 bits per heavy atom. The lowest BCUT2D eigenvalue weighted by Gasteiger charge is -2.22. The predicted molar refractivity (Wildman–Crippen MR) is 403 cm³/mol. The molecule has 0 radical (unpaired) electrons. The summed E-state index contributed by atoms with van der Waals surface area (Å²) in [6.07, 6.45) is 104. The van der Waals surface area contributed by atoms with Crippen LogP contribution in [0.3, 0.4) is 0 Å². The number of carbonyl (C=O) groups excluding carboxylic acids is 2. The summed E-state index contributed by atoms with van der Waals surface area (Å²) in [5, 5.41) is 23.5. The van der Waals surface area contributed by atoms with Crippen molar-refractivity contribution in [2.24, 2.45) is 0 Å². The molecule has 0 rings (SSSR count). The number of unbranched alkanes of at least 4 members (excludes halogenated alkanes) is 65. The van der Waals surface area contributed by atoms with E-state index in [0.717, 1.165) is 44.9 Å². The Kier molecular flexibility index (Phi) is 79.3. The van der Waals surface area contributed by atoms with Gasteiger partial charge in [0.05, 0.1) is 25.4 Å². The van der Waals surface area contributed by atoms with E-state index in [4.69, 9.17) is 4.74 Å². The molecule has 6 nitrogen and oxygen atoms in total. The van der Waals surface area contributed by atoms with Crippen LogP contribution in [0.15, 0.2) is 24.3 Å². The Bertz CT molecular complexity index is 1430. The van der Waals surface area contributed by atoms with Gasteiger partial charge in [-0.05, 0) is 57.8 Å². The van der Waals surface area contributed by atoms with E-state index in [0.29, 0.717) is 25.9 Å². The van der Waals surface area contributed by atoms with Crippen molar-refractivity contribution in [1.29, 1.82) is 0 Å². The highest BCUT2D eigenvalue weighted by atomic mass is 16.5. The zero-order valence-corrected chi connectivity index (χ0v) is 62.1. The number of amides is 1. The lowest BCUT2D eigenvalue weighted by molar-refractivity contribution is -0.143. The van der Waals surface area contributed by atoms with Crippen molar-refractivity contribution in [2.45, 2.75) is 495 Å². The number of allylic oxidation sites excluding steroid dienone is 4. The van der Waals surface area contributed by atoms with E-state index in [9.17, 15) is 19.8 Å². The molecule has 0 saturated heterocycles. The largest absolute Gasteiger partial charge is 0.466 e. The Morgan fingerprint density at radius 1 is 0.308 bits per heavy atom. The minimum atomic E-state index is -0.664. The zero-order valence-electron chi connectivity index (χ0n) is 62.1. The highest BCUT2D eigenvalue weighted by Crippen LogP contribution is 2.21. The van der Waals surface area contributed by atoms with Crippen molar-refractivity contribution >= 4 is 11.9 Å². The Balaban J connectivity index is 3.36. The van der Waals surface area contributed by atoms with Crippen molar-refractivity contribution in [3.63, 3.8) is 0 Å². The fourth-order valence-corrected chi connectivity index (χ4v) is 13.6. The number of aliphatic hydroxyl groups excluding tert-OH is 2. The summed E-state index contributed by atoms with van der Waals surface area (Å²) in [6.45, 7) is 5.01. The Morgan fingerprint density at radius 3 is 0.835 bits per heavy atom. The van der Waals surface area contributed by atoms with Gasteiger partial charge in [-0.3, -0.25) is 9.59 Å². The van der Waals surface area contributed by atoms with Crippen molar-refractivity contribution < 1.29 is 24.5 Å². The maximum absolute atomic E-state index is 12.6. The molecule has 0 aliphatic carbocycles. The Hall–Kier alpha value is -1.66. The van der Waals surface area contributed by atoms with Crippen LogP contribution < -0.4 is 5.32 Å². The van der Waals surface area contributed by atoms with Gasteiger partial charge < -0.3 is 20.3 Å². The van der Waals surface area contributed by atoms with Gasteiger partial charge in [-0.15, -0.1) is 0 Å². The van der Waals surface area contributed by atoms with Gasteiger partial charge in [0.15, 0.2) is 0 Å². The van der Waals surface area contributed by atoms with E-state index in [1.807, 2.05) is 0 Å². The monoisotopic (exact) mass is 1280 g/mol. The van der Waals surface area contributed by atoms with Gasteiger partial charge >= 0.3 is 5.97 Å². The molecular formula is C85H165NO5. The summed E-state index contributed by atoms with van der Waals surface area (Å²) in [4.78, 5) is 24.7. The number of nitrogens with one attached hydrogen (secondary N) is 1. The number of rotatable bonds is 80. The summed E-state index contributed by atoms with van der Waals surface area (Å²) in [6, 6.07) is -0.541. The molecule has 0 aromatic heterocycles. The van der Waals surface area contributed by atoms with Gasteiger partial charge in [-0.2, -0.15) is 0 Å². The highest BCUT2D eigenvalue weighted by molar-refractivity contribution is 5.76. The number of hydrogen-bond acceptors (Lipinski definition) is 5. The molecular weight excluding hydrogens is 1110 g/mol. The number of hydrogen-bond donors (Lipinski definition) is 3. The van der Waals surface area contributed by atoms with Crippen LogP contribution in [0.4, 0.5) is 0 Å². The first kappa shape index (κ1) is 89.3. The molecule has 3 N–H and O–H groups in total. The topological polar surface area (TPSA) is 95.9 Å². The highest BCUT2D eigenvalue weighted by Gasteiger charge is 2.20. The molecule has 0 bridgehead atoms. The molecule has 0 saturated carbocycles. The molecule has 540 valence electrons. The van der Waals surface area contributed by atoms with E-state index in [-0.39, 0.29) is 18.5 Å². The first-order chi connectivity index (χ1) is 45.0. The fourth-order valence-electron chi connectivity index (χ4n) is 13.6. The van der Waals surface area contributed by atoms with Crippen LogP contribution >= 0.6 is 0 Å². The van der Waals surface area contributed by atoms with Crippen LogP contribution in [-0.2, 0) is 14.3 Å². The molecule has 0 spiro atoms. The lowest BCUT2D eigenvalue weighted by Crippen LogP contribution is -2.45. The molecule has 0 heterocycles. The van der Waals surface area contributed by atoms with Gasteiger partial charge in [0, 0.05) is 12.8 Å². The average Bonchev–Trinajstić information content (AvgIpc) is 3.56. The van der Waals surface area contributed by atoms with Crippen molar-refractivity contribution in [2.75, 3.05) is 13.2 Å². The van der Waals surface area contributed by atoms with E-state index < -0.39 is 12.1 Å². The van der Waals surface area contributed by atoms with Gasteiger partial charge in [0.25, 0.3) is 0 Å². The molecule has 91 heavy (non-hydrogen) atoms. The second kappa shape index (κ2) is 80.8. The van der Waals surface area contributed by atoms with E-state index in [1.165, 1.54) is 405 Å². The van der Waals surface area contributed by atoms with Gasteiger partial charge in [0.2, 0.25) is 5.91 Å². The summed E-state index contributed by atoms with van der Waals surface area (Å²) in [7, 11) is 0. The maximum atomic E-state index is 12.6. The number of aliphatic hydroxyl groups is 2. The van der Waals surface area contributed by atoms with Crippen LogP contribution in [0.1, 0.15) is 483 Å². The molecule has 0 aromatic carbocycles. The summed E-state index contributed by atoms with van der Waals surface area (Å²) >= 11 is 0. The second-order valence-corrected chi connectivity index (χ2v) is 29.2. The van der Waals surface area contributed by atoms with Crippen molar-refractivity contribution in [3.05, 3.63) is 24.3 Å². The third kappa shape index (κ3) is 77.2. The number of esters is 1. The van der Waals surface area contributed by atoms with Crippen LogP contribution in [0.5, 0.6) is 0 Å². The minimum absolute atomic E-state index is 0.0199. The van der Waals surface area contributed by atoms with Crippen LogP contribution in [-0.4, -0.2) is 47.4 Å². The summed E-state index contributed by atoms with van der Waals surface area (Å²) in [5.41, 5.74) is 0. The van der Waals surface area contributed by atoms with Crippen molar-refractivity contribution in [1.82, 2.24) is 5.32 Å². The second-order valence-electron chi connectivity index (χ2n) is 29.2. The van der Waals surface area contributed by atoms with Gasteiger partial charge in [-0.1, -0.05) is 436 Å². The van der Waals surface area contributed by atoms with E-state index in [2.05, 4.69) is 43.5 Å². The van der Waals surface area contributed by atoms with E-state index >= 15 is 0 Å². The maximum Gasteiger partial charge on any atom is 0.305 e. The Labute approximate surface area is 571 Å². The smallest absolute Gasteiger partial charge is 0.305 e. The standard InChI is InChI=1S/C85H165NO5/c1-3-5-7-9-11-13-15-17-19-21-23-24-36-39-42-45-49-53-57-61-65-69-73-77-83(88)82(81-87)86-84(89)78-74-70-66-62-58-54-50-46-43-40-37-34-32-30-28-26-25-27-29-31-33-35-38-41-44-48-52-56-60-64-68-72-76-80-91-85(90)79-75-71-67-63-59-55-51-47-22-20-18-16-14-12-10-8-6-4-2/h29,31,35,38,82-83,87-88H,3-28,30,32-34,36-37,39-81H2,1-2H3,(H,86,89)/b31-29-,38-35-. The van der Waals surface area contributed by atoms with Crippen LogP contribution in [0.2, 0.25) is 0 Å². The molecule has 0 fully saturated rings. The average molecular weight is 1280 g/mol. The van der Waals surface area contributed by atoms with Gasteiger partial charge in [0.1, 0.15) is 0 Å². The van der Waals surface area contributed by atoms with Gasteiger partial charge in [-0.25, -0.2) is 0 Å². The molecule has 2 unspecified atom stereocenters. The predicted octanol–water partition coefficient (Wildman–Crippen LogP) is 28.0. The normalized spacial score (nSPS) is 12.5. The number of carbonyl (C=O) groups is 2. The van der Waals surface area contributed by atoms with Crippen LogP contribution in [0.25, 0.3) is 0 Å². The number of ether oxygens (including phenoxy) is 1. The molecule has 0 aromatic rings. The molecule has 1 amide bonds. The van der Waals surface area contributed by atoms with E-state index in [1.54, 1.807) is 0 Å². The molecule has 0 aliphatic rings. The van der Waals surface area contributed by atoms with Crippen LogP contribution in [0, 0.1) is 0 Å². The quantitative estimate of drug-likeness (QED) is 0.0320. The molecule has 2 atom stereocenters. The summed E-state index contributed by atoms with van der Waals surface area (Å²) in [5.74, 6) is -0.00729.